The van der Waals surface area contributed by atoms with Crippen LogP contribution in [0, 0.1) is 3.57 Å². The van der Waals surface area contributed by atoms with Gasteiger partial charge in [-0.15, -0.1) is 0 Å². The van der Waals surface area contributed by atoms with Gasteiger partial charge >= 0.3 is 0 Å². The molecule has 1 N–H and O–H groups in total. The van der Waals surface area contributed by atoms with Crippen molar-refractivity contribution < 1.29 is 4.74 Å². The predicted octanol–water partition coefficient (Wildman–Crippen LogP) is 0.896. The normalized spacial score (nSPS) is 20.6. The Morgan fingerprint density at radius 3 is 3.00 bits per heavy atom. The molecule has 1 saturated heterocycles. The molecule has 94 valence electrons. The summed E-state index contributed by atoms with van der Waals surface area (Å²) in [6.45, 7) is 6.33. The Kier molecular flexibility index (Phi) is 4.93. The Morgan fingerprint density at radius 2 is 2.29 bits per heavy atom. The number of aromatic nitrogens is 2. The maximum absolute atomic E-state index is 5.52. The average Bonchev–Trinajstić information content (AvgIpc) is 2.38. The van der Waals surface area contributed by atoms with Gasteiger partial charge < -0.3 is 15.0 Å². The van der Waals surface area contributed by atoms with E-state index >= 15 is 0 Å². The molecular weight excluding hydrogens is 331 g/mol. The number of anilines is 1. The number of rotatable bonds is 4. The Morgan fingerprint density at radius 1 is 1.53 bits per heavy atom. The monoisotopic (exact) mass is 348 g/mol. The van der Waals surface area contributed by atoms with Crippen LogP contribution in [0.1, 0.15) is 6.92 Å². The molecule has 0 bridgehead atoms. The molecule has 0 saturated carbocycles. The van der Waals surface area contributed by atoms with Crippen molar-refractivity contribution in [1.29, 1.82) is 0 Å². The van der Waals surface area contributed by atoms with Gasteiger partial charge in [0.25, 0.3) is 0 Å². The first kappa shape index (κ1) is 13.0. The zero-order valence-corrected chi connectivity index (χ0v) is 12.1. The van der Waals surface area contributed by atoms with Crippen molar-refractivity contribution in [3.63, 3.8) is 0 Å². The first-order chi connectivity index (χ1) is 8.31. The molecular formula is C11H17IN4O. The summed E-state index contributed by atoms with van der Waals surface area (Å²) in [4.78, 5) is 11.0. The van der Waals surface area contributed by atoms with E-state index in [1.54, 1.807) is 0 Å². The van der Waals surface area contributed by atoms with Crippen molar-refractivity contribution in [2.45, 2.75) is 13.0 Å². The molecule has 5 nitrogen and oxygen atoms in total. The van der Waals surface area contributed by atoms with E-state index in [-0.39, 0.29) is 0 Å². The molecule has 1 aromatic rings. The molecule has 0 spiro atoms. The summed E-state index contributed by atoms with van der Waals surface area (Å²) in [5.74, 6) is 0.802. The lowest BCUT2D eigenvalue weighted by Crippen LogP contribution is -2.51. The van der Waals surface area contributed by atoms with Crippen molar-refractivity contribution >= 4 is 28.5 Å². The summed E-state index contributed by atoms with van der Waals surface area (Å²) in [6.07, 6.45) is 3.70. The molecule has 0 aromatic carbocycles. The molecule has 1 aromatic heterocycles. The Balaban J connectivity index is 2.07. The maximum Gasteiger partial charge on any atom is 0.225 e. The van der Waals surface area contributed by atoms with Crippen molar-refractivity contribution in [1.82, 2.24) is 15.3 Å². The minimum atomic E-state index is 0.323. The van der Waals surface area contributed by atoms with Crippen LogP contribution in [0.4, 0.5) is 5.95 Å². The van der Waals surface area contributed by atoms with Gasteiger partial charge in [0.2, 0.25) is 5.95 Å². The summed E-state index contributed by atoms with van der Waals surface area (Å²) < 4.78 is 6.57. The molecule has 1 aliphatic heterocycles. The molecule has 6 heteroatoms. The maximum atomic E-state index is 5.52. The summed E-state index contributed by atoms with van der Waals surface area (Å²) in [6, 6.07) is 0.323. The molecule has 17 heavy (non-hydrogen) atoms. The number of halogens is 1. The Labute approximate surface area is 115 Å². The number of ether oxygens (including phenoxy) is 1. The zero-order valence-electron chi connectivity index (χ0n) is 9.90. The summed E-state index contributed by atoms with van der Waals surface area (Å²) in [5.41, 5.74) is 0. The van der Waals surface area contributed by atoms with Crippen LogP contribution in [-0.4, -0.2) is 48.9 Å². The van der Waals surface area contributed by atoms with Crippen LogP contribution in [0.5, 0.6) is 0 Å². The van der Waals surface area contributed by atoms with E-state index in [2.05, 4.69) is 49.7 Å². The zero-order chi connectivity index (χ0) is 12.1. The number of hydrogen-bond acceptors (Lipinski definition) is 5. The van der Waals surface area contributed by atoms with Crippen LogP contribution in [0.25, 0.3) is 0 Å². The number of hydrogen-bond donors (Lipinski definition) is 1. The van der Waals surface area contributed by atoms with Crippen molar-refractivity contribution in [2.75, 3.05) is 37.7 Å². The van der Waals surface area contributed by atoms with Gasteiger partial charge in [-0.05, 0) is 29.1 Å². The summed E-state index contributed by atoms with van der Waals surface area (Å²) in [7, 11) is 0. The highest BCUT2D eigenvalue weighted by Gasteiger charge is 2.24. The summed E-state index contributed by atoms with van der Waals surface area (Å²) in [5, 5.41) is 3.35. The van der Waals surface area contributed by atoms with Crippen LogP contribution < -0.4 is 10.2 Å². The lowest BCUT2D eigenvalue weighted by molar-refractivity contribution is 0.0930. The topological polar surface area (TPSA) is 50.3 Å². The second-order valence-corrected chi connectivity index (χ2v) is 5.18. The predicted molar refractivity (Wildman–Crippen MR) is 75.2 cm³/mol. The molecule has 1 atom stereocenters. The third-order valence-electron chi connectivity index (χ3n) is 2.72. The Bertz CT molecular complexity index is 346. The van der Waals surface area contributed by atoms with Crippen LogP contribution >= 0.6 is 22.6 Å². The van der Waals surface area contributed by atoms with Crippen molar-refractivity contribution in [3.8, 4) is 0 Å². The van der Waals surface area contributed by atoms with Gasteiger partial charge in [-0.2, -0.15) is 0 Å². The van der Waals surface area contributed by atoms with Gasteiger partial charge in [-0.25, -0.2) is 9.97 Å². The van der Waals surface area contributed by atoms with Crippen LogP contribution in [0.2, 0.25) is 0 Å². The standard InChI is InChI=1S/C11H17IN4O/c1-2-13-7-10-8-17-4-3-16(10)11-14-5-9(12)6-15-11/h5-6,10,13H,2-4,7-8H2,1H3. The van der Waals surface area contributed by atoms with Gasteiger partial charge in [0.1, 0.15) is 0 Å². The van der Waals surface area contributed by atoms with Gasteiger partial charge in [0.05, 0.1) is 19.3 Å². The lowest BCUT2D eigenvalue weighted by Gasteiger charge is -2.35. The molecule has 2 heterocycles. The highest BCUT2D eigenvalue weighted by Crippen LogP contribution is 2.15. The SMILES string of the molecule is CCNCC1COCCN1c1ncc(I)cn1. The third-order valence-corrected chi connectivity index (χ3v) is 3.28. The molecule has 1 aliphatic rings. The smallest absolute Gasteiger partial charge is 0.225 e. The highest BCUT2D eigenvalue weighted by atomic mass is 127. The third kappa shape index (κ3) is 3.49. The fourth-order valence-corrected chi connectivity index (χ4v) is 2.13. The van der Waals surface area contributed by atoms with E-state index in [0.717, 1.165) is 42.4 Å². The van der Waals surface area contributed by atoms with Gasteiger partial charge in [0.15, 0.2) is 0 Å². The second-order valence-electron chi connectivity index (χ2n) is 3.93. The molecule has 0 aliphatic carbocycles. The minimum absolute atomic E-state index is 0.323. The van der Waals surface area contributed by atoms with E-state index in [4.69, 9.17) is 4.74 Å². The van der Waals surface area contributed by atoms with Crippen LogP contribution in [-0.2, 0) is 4.74 Å². The number of morpholine rings is 1. The van der Waals surface area contributed by atoms with Crippen molar-refractivity contribution in [2.24, 2.45) is 0 Å². The van der Waals surface area contributed by atoms with Crippen LogP contribution in [0.15, 0.2) is 12.4 Å². The van der Waals surface area contributed by atoms with Gasteiger partial charge in [-0.3, -0.25) is 0 Å². The van der Waals surface area contributed by atoms with Gasteiger partial charge in [-0.1, -0.05) is 6.92 Å². The van der Waals surface area contributed by atoms with E-state index in [9.17, 15) is 0 Å². The molecule has 2 rings (SSSR count). The average molecular weight is 348 g/mol. The molecule has 1 unspecified atom stereocenters. The van der Waals surface area contributed by atoms with Crippen molar-refractivity contribution in [3.05, 3.63) is 16.0 Å². The molecule has 0 radical (unpaired) electrons. The van der Waals surface area contributed by atoms with Crippen LogP contribution in [0.3, 0.4) is 0 Å². The second kappa shape index (κ2) is 6.46. The lowest BCUT2D eigenvalue weighted by atomic mass is 10.2. The summed E-state index contributed by atoms with van der Waals surface area (Å²) >= 11 is 2.21. The van der Waals surface area contributed by atoms with E-state index in [0.29, 0.717) is 6.04 Å². The quantitative estimate of drug-likeness (QED) is 0.820. The highest BCUT2D eigenvalue weighted by molar-refractivity contribution is 14.1. The van der Waals surface area contributed by atoms with E-state index in [1.165, 1.54) is 0 Å². The largest absolute Gasteiger partial charge is 0.377 e. The fourth-order valence-electron chi connectivity index (χ4n) is 1.85. The first-order valence-corrected chi connectivity index (χ1v) is 6.91. The number of nitrogens with one attached hydrogen (secondary N) is 1. The first-order valence-electron chi connectivity index (χ1n) is 5.84. The molecule has 1 fully saturated rings. The minimum Gasteiger partial charge on any atom is -0.377 e. The molecule has 0 amide bonds. The number of nitrogens with zero attached hydrogens (tertiary/aromatic N) is 3. The fraction of sp³-hybridized carbons (Fsp3) is 0.636. The van der Waals surface area contributed by atoms with Gasteiger partial charge in [0, 0.05) is 29.1 Å². The van der Waals surface area contributed by atoms with E-state index in [1.807, 2.05) is 12.4 Å². The number of likely N-dealkylation sites (N-methyl/N-ethyl adjacent to an activating group) is 1. The Hall–Kier alpha value is -0.470. The van der Waals surface area contributed by atoms with E-state index < -0.39 is 0 Å².